The largest absolute Gasteiger partial charge is 0.449 e. The van der Waals surface area contributed by atoms with Crippen LogP contribution in [0.1, 0.15) is 30.1 Å². The van der Waals surface area contributed by atoms with Crippen LogP contribution in [0.4, 0.5) is 5.69 Å². The molecule has 2 rings (SSSR count). The van der Waals surface area contributed by atoms with E-state index in [4.69, 9.17) is 4.74 Å². The number of hydrogen-bond acceptors (Lipinski definition) is 5. The van der Waals surface area contributed by atoms with Gasteiger partial charge in [0.1, 0.15) is 0 Å². The summed E-state index contributed by atoms with van der Waals surface area (Å²) in [6.07, 6.45) is 2.08. The molecule has 0 spiro atoms. The van der Waals surface area contributed by atoms with Crippen LogP contribution in [-0.4, -0.2) is 50.6 Å². The fourth-order valence-corrected chi connectivity index (χ4v) is 2.95. The van der Waals surface area contributed by atoms with Gasteiger partial charge in [-0.05, 0) is 38.0 Å². The summed E-state index contributed by atoms with van der Waals surface area (Å²) in [4.78, 5) is 25.9. The van der Waals surface area contributed by atoms with Gasteiger partial charge in [-0.3, -0.25) is 9.52 Å². The second kappa shape index (κ2) is 6.99. The highest BCUT2D eigenvalue weighted by molar-refractivity contribution is 7.92. The van der Waals surface area contributed by atoms with E-state index < -0.39 is 22.1 Å². The minimum Gasteiger partial charge on any atom is -0.449 e. The second-order valence-electron chi connectivity index (χ2n) is 5.53. The zero-order chi connectivity index (χ0) is 17.0. The number of likely N-dealkylation sites (tertiary alicyclic amines) is 1. The zero-order valence-electron chi connectivity index (χ0n) is 13.1. The minimum absolute atomic E-state index is 0.180. The molecule has 1 aliphatic heterocycles. The van der Waals surface area contributed by atoms with Gasteiger partial charge in [0, 0.05) is 18.8 Å². The lowest BCUT2D eigenvalue weighted by Gasteiger charge is -2.20. The van der Waals surface area contributed by atoms with E-state index in [1.165, 1.54) is 31.2 Å². The SMILES string of the molecule is C[C@@H](OC(=O)c1cccc(NS(C)(=O)=O)c1)C(=O)N1CCCC1. The van der Waals surface area contributed by atoms with Gasteiger partial charge in [-0.1, -0.05) is 6.07 Å². The first-order valence-electron chi connectivity index (χ1n) is 7.34. The highest BCUT2D eigenvalue weighted by atomic mass is 32.2. The Hall–Kier alpha value is -2.09. The summed E-state index contributed by atoms with van der Waals surface area (Å²) < 4.78 is 29.9. The first-order chi connectivity index (χ1) is 10.8. The van der Waals surface area contributed by atoms with Crippen molar-refractivity contribution in [2.24, 2.45) is 0 Å². The molecule has 0 saturated carbocycles. The number of sulfonamides is 1. The Kier molecular flexibility index (Phi) is 5.25. The maximum absolute atomic E-state index is 12.1. The molecule has 1 N–H and O–H groups in total. The Labute approximate surface area is 135 Å². The summed E-state index contributed by atoms with van der Waals surface area (Å²) in [6.45, 7) is 2.92. The molecule has 1 aromatic rings. The molecule has 1 saturated heterocycles. The van der Waals surface area contributed by atoms with E-state index in [9.17, 15) is 18.0 Å². The number of anilines is 1. The summed E-state index contributed by atoms with van der Waals surface area (Å²) in [5.74, 6) is -0.872. The van der Waals surface area contributed by atoms with Crippen molar-refractivity contribution >= 4 is 27.6 Å². The van der Waals surface area contributed by atoms with Crippen molar-refractivity contribution in [3.05, 3.63) is 29.8 Å². The molecule has 1 fully saturated rings. The number of carbonyl (C=O) groups excluding carboxylic acids is 2. The van der Waals surface area contributed by atoms with Gasteiger partial charge in [0.05, 0.1) is 11.8 Å². The smallest absolute Gasteiger partial charge is 0.338 e. The molecule has 126 valence electrons. The molecule has 1 aliphatic rings. The Morgan fingerprint density at radius 3 is 2.52 bits per heavy atom. The third kappa shape index (κ3) is 4.95. The molecule has 1 heterocycles. The molecule has 7 nitrogen and oxygen atoms in total. The fraction of sp³-hybridized carbons (Fsp3) is 0.467. The van der Waals surface area contributed by atoms with Gasteiger partial charge in [0.25, 0.3) is 5.91 Å². The monoisotopic (exact) mass is 340 g/mol. The van der Waals surface area contributed by atoms with Crippen LogP contribution in [0.25, 0.3) is 0 Å². The van der Waals surface area contributed by atoms with Crippen LogP contribution in [0.5, 0.6) is 0 Å². The van der Waals surface area contributed by atoms with E-state index in [0.29, 0.717) is 13.1 Å². The Bertz CT molecular complexity index is 696. The molecular formula is C15H20N2O5S. The van der Waals surface area contributed by atoms with Crippen LogP contribution in [0.2, 0.25) is 0 Å². The van der Waals surface area contributed by atoms with Crippen LogP contribution in [0, 0.1) is 0 Å². The summed E-state index contributed by atoms with van der Waals surface area (Å²) >= 11 is 0. The van der Waals surface area contributed by atoms with Gasteiger partial charge in [0.2, 0.25) is 10.0 Å². The zero-order valence-corrected chi connectivity index (χ0v) is 13.9. The molecule has 1 amide bonds. The van der Waals surface area contributed by atoms with Crippen molar-refractivity contribution in [2.45, 2.75) is 25.9 Å². The summed E-state index contributed by atoms with van der Waals surface area (Å²) in [5, 5.41) is 0. The first kappa shape index (κ1) is 17.3. The van der Waals surface area contributed by atoms with E-state index in [1.54, 1.807) is 4.90 Å². The van der Waals surface area contributed by atoms with Crippen molar-refractivity contribution < 1.29 is 22.7 Å². The molecule has 23 heavy (non-hydrogen) atoms. The molecule has 0 unspecified atom stereocenters. The number of nitrogens with zero attached hydrogens (tertiary/aromatic N) is 1. The lowest BCUT2D eigenvalue weighted by atomic mass is 10.2. The van der Waals surface area contributed by atoms with Crippen molar-refractivity contribution in [1.29, 1.82) is 0 Å². The fourth-order valence-electron chi connectivity index (χ4n) is 2.40. The van der Waals surface area contributed by atoms with Crippen LogP contribution < -0.4 is 4.72 Å². The number of carbonyl (C=O) groups is 2. The van der Waals surface area contributed by atoms with Crippen LogP contribution in [0.3, 0.4) is 0 Å². The van der Waals surface area contributed by atoms with Gasteiger partial charge in [-0.15, -0.1) is 0 Å². The van der Waals surface area contributed by atoms with Gasteiger partial charge < -0.3 is 9.64 Å². The molecule has 0 aromatic heterocycles. The van der Waals surface area contributed by atoms with E-state index in [1.807, 2.05) is 0 Å². The number of amides is 1. The molecule has 8 heteroatoms. The van der Waals surface area contributed by atoms with Gasteiger partial charge in [0.15, 0.2) is 6.10 Å². The molecule has 1 aromatic carbocycles. The highest BCUT2D eigenvalue weighted by Crippen LogP contribution is 2.15. The number of esters is 1. The van der Waals surface area contributed by atoms with E-state index >= 15 is 0 Å². The van der Waals surface area contributed by atoms with Crippen molar-refractivity contribution in [3.8, 4) is 0 Å². The Balaban J connectivity index is 2.02. The van der Waals surface area contributed by atoms with E-state index in [-0.39, 0.29) is 17.2 Å². The van der Waals surface area contributed by atoms with Crippen molar-refractivity contribution in [3.63, 3.8) is 0 Å². The normalized spacial score (nSPS) is 16.0. The molecule has 0 bridgehead atoms. The average molecular weight is 340 g/mol. The maximum atomic E-state index is 12.1. The number of rotatable bonds is 5. The number of benzene rings is 1. The third-order valence-electron chi connectivity index (χ3n) is 3.45. The van der Waals surface area contributed by atoms with Crippen LogP contribution in [-0.2, 0) is 19.6 Å². The third-order valence-corrected chi connectivity index (χ3v) is 4.06. The molecule has 1 atom stereocenters. The Morgan fingerprint density at radius 2 is 1.91 bits per heavy atom. The molecule has 0 aliphatic carbocycles. The van der Waals surface area contributed by atoms with Gasteiger partial charge >= 0.3 is 5.97 Å². The van der Waals surface area contributed by atoms with E-state index in [0.717, 1.165) is 19.1 Å². The lowest BCUT2D eigenvalue weighted by Crippen LogP contribution is -2.38. The average Bonchev–Trinajstić information content (AvgIpc) is 2.99. The van der Waals surface area contributed by atoms with Crippen molar-refractivity contribution in [1.82, 2.24) is 4.90 Å². The predicted octanol–water partition coefficient (Wildman–Crippen LogP) is 1.23. The maximum Gasteiger partial charge on any atom is 0.338 e. The minimum atomic E-state index is -3.43. The standard InChI is InChI=1S/C15H20N2O5S/c1-11(14(18)17-8-3-4-9-17)22-15(19)12-6-5-7-13(10-12)16-23(2,20)21/h5-7,10-11,16H,3-4,8-9H2,1-2H3/t11-/m1/s1. The number of ether oxygens (including phenoxy) is 1. The topological polar surface area (TPSA) is 92.8 Å². The summed E-state index contributed by atoms with van der Waals surface area (Å²) in [6, 6.07) is 5.94. The van der Waals surface area contributed by atoms with Gasteiger partial charge in [-0.25, -0.2) is 13.2 Å². The van der Waals surface area contributed by atoms with Crippen LogP contribution in [0.15, 0.2) is 24.3 Å². The highest BCUT2D eigenvalue weighted by Gasteiger charge is 2.26. The van der Waals surface area contributed by atoms with Crippen LogP contribution >= 0.6 is 0 Å². The van der Waals surface area contributed by atoms with E-state index in [2.05, 4.69) is 4.72 Å². The summed E-state index contributed by atoms with van der Waals surface area (Å²) in [5.41, 5.74) is 0.445. The second-order valence-corrected chi connectivity index (χ2v) is 7.28. The molecular weight excluding hydrogens is 320 g/mol. The first-order valence-corrected chi connectivity index (χ1v) is 9.23. The predicted molar refractivity (Wildman–Crippen MR) is 85.6 cm³/mol. The lowest BCUT2D eigenvalue weighted by molar-refractivity contribution is -0.138. The number of hydrogen-bond donors (Lipinski definition) is 1. The number of nitrogens with one attached hydrogen (secondary N) is 1. The van der Waals surface area contributed by atoms with Crippen molar-refractivity contribution in [2.75, 3.05) is 24.1 Å². The van der Waals surface area contributed by atoms with Gasteiger partial charge in [-0.2, -0.15) is 0 Å². The Morgan fingerprint density at radius 1 is 1.26 bits per heavy atom. The quantitative estimate of drug-likeness (QED) is 0.814. The molecule has 0 radical (unpaired) electrons. The summed E-state index contributed by atoms with van der Waals surface area (Å²) in [7, 11) is -3.43.